The van der Waals surface area contributed by atoms with Gasteiger partial charge in [0.25, 0.3) is 15.9 Å². The summed E-state index contributed by atoms with van der Waals surface area (Å²) >= 11 is 1.14. The molecular weight excluding hydrogens is 439 g/mol. The standard InChI is InChI=1S/C19H14F3N3O3S2/c20-12-8-15(21)17(16(22)9-12)18(26)24-13-5-10-1-2-14(7-11(10)6-13)30(27,28)25-19-23-3-4-29-19/h1-4,7-9,13H,5-6H2,(H,23,25)(H,24,26). The number of hydrogen-bond acceptors (Lipinski definition) is 5. The molecule has 1 atom stereocenters. The Kier molecular flexibility index (Phi) is 5.24. The fourth-order valence-corrected chi connectivity index (χ4v) is 5.17. The molecule has 1 amide bonds. The van der Waals surface area contributed by atoms with Gasteiger partial charge in [0.1, 0.15) is 23.0 Å². The number of halogens is 3. The minimum Gasteiger partial charge on any atom is -0.348 e. The molecule has 0 bridgehead atoms. The second-order valence-electron chi connectivity index (χ2n) is 6.70. The second kappa shape index (κ2) is 7.73. The highest BCUT2D eigenvalue weighted by molar-refractivity contribution is 7.93. The Balaban J connectivity index is 1.49. The number of fused-ring (bicyclic) bond motifs is 1. The molecule has 4 rings (SSSR count). The summed E-state index contributed by atoms with van der Waals surface area (Å²) in [4.78, 5) is 16.2. The summed E-state index contributed by atoms with van der Waals surface area (Å²) in [5, 5.41) is 4.40. The van der Waals surface area contributed by atoms with Crippen molar-refractivity contribution in [1.82, 2.24) is 10.3 Å². The van der Waals surface area contributed by atoms with Crippen LogP contribution in [0.3, 0.4) is 0 Å². The van der Waals surface area contributed by atoms with Crippen LogP contribution in [0.15, 0.2) is 46.8 Å². The van der Waals surface area contributed by atoms with Gasteiger partial charge >= 0.3 is 0 Å². The third kappa shape index (κ3) is 4.03. The van der Waals surface area contributed by atoms with Gasteiger partial charge in [-0.05, 0) is 36.1 Å². The Hall–Kier alpha value is -2.92. The fraction of sp³-hybridized carbons (Fsp3) is 0.158. The molecule has 11 heteroatoms. The van der Waals surface area contributed by atoms with Crippen LogP contribution in [-0.2, 0) is 22.9 Å². The largest absolute Gasteiger partial charge is 0.348 e. The molecule has 1 heterocycles. The van der Waals surface area contributed by atoms with Crippen molar-refractivity contribution in [3.8, 4) is 0 Å². The molecule has 6 nitrogen and oxygen atoms in total. The average molecular weight is 453 g/mol. The van der Waals surface area contributed by atoms with Crippen molar-refractivity contribution >= 4 is 32.4 Å². The Labute approximate surface area is 173 Å². The van der Waals surface area contributed by atoms with E-state index in [4.69, 9.17) is 0 Å². The normalized spacial score (nSPS) is 15.6. The second-order valence-corrected chi connectivity index (χ2v) is 9.27. The van der Waals surface area contributed by atoms with Gasteiger partial charge in [-0.1, -0.05) is 6.07 Å². The van der Waals surface area contributed by atoms with Crippen LogP contribution in [0.1, 0.15) is 21.5 Å². The van der Waals surface area contributed by atoms with Gasteiger partial charge in [0, 0.05) is 29.8 Å². The zero-order valence-electron chi connectivity index (χ0n) is 15.2. The highest BCUT2D eigenvalue weighted by Gasteiger charge is 2.28. The summed E-state index contributed by atoms with van der Waals surface area (Å²) in [7, 11) is -3.83. The molecule has 1 aromatic heterocycles. The molecule has 1 aliphatic rings. The van der Waals surface area contributed by atoms with Gasteiger partial charge in [-0.3, -0.25) is 9.52 Å². The zero-order valence-corrected chi connectivity index (χ0v) is 16.8. The molecular formula is C19H14F3N3O3S2. The lowest BCUT2D eigenvalue weighted by Crippen LogP contribution is -2.36. The lowest BCUT2D eigenvalue weighted by molar-refractivity contribution is 0.0930. The van der Waals surface area contributed by atoms with Crippen molar-refractivity contribution in [1.29, 1.82) is 0 Å². The minimum atomic E-state index is -3.83. The van der Waals surface area contributed by atoms with E-state index in [0.717, 1.165) is 16.9 Å². The maximum Gasteiger partial charge on any atom is 0.263 e. The highest BCUT2D eigenvalue weighted by Crippen LogP contribution is 2.27. The Morgan fingerprint density at radius 1 is 1.07 bits per heavy atom. The van der Waals surface area contributed by atoms with E-state index in [1.165, 1.54) is 18.3 Å². The Morgan fingerprint density at radius 3 is 2.43 bits per heavy atom. The van der Waals surface area contributed by atoms with Crippen molar-refractivity contribution in [2.24, 2.45) is 0 Å². The van der Waals surface area contributed by atoms with Crippen molar-refractivity contribution in [2.75, 3.05) is 4.72 Å². The molecule has 0 aliphatic heterocycles. The maximum absolute atomic E-state index is 13.8. The van der Waals surface area contributed by atoms with Gasteiger partial charge < -0.3 is 5.32 Å². The van der Waals surface area contributed by atoms with Crippen LogP contribution in [0.2, 0.25) is 0 Å². The molecule has 0 saturated carbocycles. The topological polar surface area (TPSA) is 88.2 Å². The predicted octanol–water partition coefficient (Wildman–Crippen LogP) is 3.26. The first-order valence-corrected chi connectivity index (χ1v) is 11.1. The number of nitrogens with one attached hydrogen (secondary N) is 2. The molecule has 1 unspecified atom stereocenters. The zero-order chi connectivity index (χ0) is 21.5. The smallest absolute Gasteiger partial charge is 0.263 e. The van der Waals surface area contributed by atoms with Crippen LogP contribution in [0.5, 0.6) is 0 Å². The van der Waals surface area contributed by atoms with Crippen LogP contribution in [0, 0.1) is 17.5 Å². The summed E-state index contributed by atoms with van der Waals surface area (Å²) < 4.78 is 68.1. The van der Waals surface area contributed by atoms with Crippen molar-refractivity contribution in [3.05, 3.63) is 76.1 Å². The first kappa shape index (κ1) is 20.4. The number of rotatable bonds is 5. The number of benzene rings is 2. The van der Waals surface area contributed by atoms with Gasteiger partial charge in [-0.2, -0.15) is 0 Å². The van der Waals surface area contributed by atoms with Crippen molar-refractivity contribution < 1.29 is 26.4 Å². The number of anilines is 1. The fourth-order valence-electron chi connectivity index (χ4n) is 3.33. The molecule has 0 saturated heterocycles. The molecule has 30 heavy (non-hydrogen) atoms. The van der Waals surface area contributed by atoms with Gasteiger partial charge in [-0.15, -0.1) is 11.3 Å². The van der Waals surface area contributed by atoms with E-state index in [0.29, 0.717) is 24.1 Å². The number of hydrogen-bond donors (Lipinski definition) is 2. The van der Waals surface area contributed by atoms with E-state index >= 15 is 0 Å². The van der Waals surface area contributed by atoms with E-state index in [2.05, 4.69) is 15.0 Å². The van der Waals surface area contributed by atoms with Crippen LogP contribution < -0.4 is 10.0 Å². The van der Waals surface area contributed by atoms with E-state index in [1.807, 2.05) is 0 Å². The molecule has 3 aromatic rings. The van der Waals surface area contributed by atoms with Crippen molar-refractivity contribution in [3.63, 3.8) is 0 Å². The summed E-state index contributed by atoms with van der Waals surface area (Å²) in [5.41, 5.74) is 0.652. The number of amides is 1. The Bertz CT molecular complexity index is 1210. The molecule has 0 fully saturated rings. The first-order valence-electron chi connectivity index (χ1n) is 8.72. The molecule has 2 N–H and O–H groups in total. The molecule has 0 spiro atoms. The number of thiazole rings is 1. The van der Waals surface area contributed by atoms with Gasteiger partial charge in [-0.25, -0.2) is 26.6 Å². The van der Waals surface area contributed by atoms with Gasteiger partial charge in [0.05, 0.1) is 4.90 Å². The van der Waals surface area contributed by atoms with Crippen LogP contribution >= 0.6 is 11.3 Å². The lowest BCUT2D eigenvalue weighted by atomic mass is 10.1. The first-order chi connectivity index (χ1) is 14.2. The number of carbonyl (C=O) groups excluding carboxylic acids is 1. The number of nitrogens with zero attached hydrogens (tertiary/aromatic N) is 1. The van der Waals surface area contributed by atoms with Crippen LogP contribution in [0.4, 0.5) is 18.3 Å². The lowest BCUT2D eigenvalue weighted by Gasteiger charge is -2.13. The summed E-state index contributed by atoms with van der Waals surface area (Å²) in [6, 6.07) is 4.97. The van der Waals surface area contributed by atoms with Gasteiger partial charge in [0.2, 0.25) is 0 Å². The van der Waals surface area contributed by atoms with Crippen LogP contribution in [0.25, 0.3) is 0 Å². The number of aromatic nitrogens is 1. The average Bonchev–Trinajstić information content (AvgIpc) is 3.28. The monoisotopic (exact) mass is 453 g/mol. The third-order valence-corrected chi connectivity index (χ3v) is 6.80. The SMILES string of the molecule is O=C(NC1Cc2ccc(S(=O)(=O)Nc3nccs3)cc2C1)c1c(F)cc(F)cc1F. The summed E-state index contributed by atoms with van der Waals surface area (Å²) in [6.45, 7) is 0. The third-order valence-electron chi connectivity index (χ3n) is 4.64. The van der Waals surface area contributed by atoms with Crippen molar-refractivity contribution in [2.45, 2.75) is 23.8 Å². The van der Waals surface area contributed by atoms with E-state index in [-0.39, 0.29) is 16.4 Å². The molecule has 156 valence electrons. The predicted molar refractivity (Wildman–Crippen MR) is 104 cm³/mol. The molecule has 2 aromatic carbocycles. The number of carbonyl (C=O) groups is 1. The molecule has 1 aliphatic carbocycles. The Morgan fingerprint density at radius 2 is 1.77 bits per heavy atom. The van der Waals surface area contributed by atoms with Gasteiger partial charge in [0.15, 0.2) is 5.13 Å². The minimum absolute atomic E-state index is 0.0408. The molecule has 0 radical (unpaired) electrons. The summed E-state index contributed by atoms with van der Waals surface area (Å²) in [5.74, 6) is -4.69. The van der Waals surface area contributed by atoms with Crippen LogP contribution in [-0.4, -0.2) is 25.4 Å². The number of sulfonamides is 1. The quantitative estimate of drug-likeness (QED) is 0.621. The highest BCUT2D eigenvalue weighted by atomic mass is 32.2. The van der Waals surface area contributed by atoms with E-state index < -0.39 is 45.0 Å². The summed E-state index contributed by atoms with van der Waals surface area (Å²) in [6.07, 6.45) is 2.13. The maximum atomic E-state index is 13.8. The van der Waals surface area contributed by atoms with E-state index in [1.54, 1.807) is 11.4 Å². The van der Waals surface area contributed by atoms with E-state index in [9.17, 15) is 26.4 Å².